The third-order valence-electron chi connectivity index (χ3n) is 4.97. The maximum atomic E-state index is 5.82. The van der Waals surface area contributed by atoms with Crippen LogP contribution < -0.4 is 5.73 Å². The van der Waals surface area contributed by atoms with E-state index in [1.54, 1.807) is 6.20 Å². The molecule has 0 saturated carbocycles. The van der Waals surface area contributed by atoms with Gasteiger partial charge in [0.15, 0.2) is 0 Å². The van der Waals surface area contributed by atoms with Crippen LogP contribution in [0.2, 0.25) is 0 Å². The summed E-state index contributed by atoms with van der Waals surface area (Å²) in [5.74, 6) is 0.574. The minimum atomic E-state index is 0.236. The molecule has 2 aromatic rings. The van der Waals surface area contributed by atoms with Crippen molar-refractivity contribution < 1.29 is 0 Å². The van der Waals surface area contributed by atoms with Gasteiger partial charge in [0.25, 0.3) is 0 Å². The average Bonchev–Trinajstić information content (AvgIpc) is 2.44. The summed E-state index contributed by atoms with van der Waals surface area (Å²) < 4.78 is 0. The van der Waals surface area contributed by atoms with Gasteiger partial charge in [0.05, 0.1) is 0 Å². The van der Waals surface area contributed by atoms with Gasteiger partial charge in [-0.15, -0.1) is 0 Å². The van der Waals surface area contributed by atoms with E-state index in [9.17, 15) is 0 Å². The van der Waals surface area contributed by atoms with Crippen molar-refractivity contribution >= 4 is 5.82 Å². The van der Waals surface area contributed by atoms with E-state index in [0.29, 0.717) is 5.82 Å². The Hall–Kier alpha value is -1.83. The Balaban J connectivity index is 2.16. The minimum Gasteiger partial charge on any atom is -0.384 e. The summed E-state index contributed by atoms with van der Waals surface area (Å²) in [7, 11) is 0. The van der Waals surface area contributed by atoms with E-state index in [4.69, 9.17) is 5.73 Å². The second kappa shape index (κ2) is 4.59. The molecule has 1 aliphatic carbocycles. The van der Waals surface area contributed by atoms with E-state index >= 15 is 0 Å². The Bertz CT molecular complexity index is 684. The van der Waals surface area contributed by atoms with Gasteiger partial charge in [0, 0.05) is 6.20 Å². The van der Waals surface area contributed by atoms with E-state index in [2.05, 4.69) is 50.9 Å². The standard InChI is InChI=1S/C19H24N2/c1-18(2)8-9-19(3,4)16-11-13(5-6-15(16)18)14-7-10-21-17(20)12-14/h5-7,10-12H,8-9H2,1-4H3,(H2,20,21). The molecule has 110 valence electrons. The first-order valence-corrected chi connectivity index (χ1v) is 7.66. The van der Waals surface area contributed by atoms with Crippen LogP contribution in [-0.2, 0) is 10.8 Å². The van der Waals surface area contributed by atoms with Crippen molar-refractivity contribution in [2.45, 2.75) is 51.4 Å². The molecular weight excluding hydrogens is 256 g/mol. The van der Waals surface area contributed by atoms with Gasteiger partial charge in [-0.05, 0) is 58.1 Å². The van der Waals surface area contributed by atoms with Crippen LogP contribution in [0.3, 0.4) is 0 Å². The molecule has 0 amide bonds. The first-order valence-electron chi connectivity index (χ1n) is 7.66. The Labute approximate surface area is 127 Å². The number of hydrogen-bond acceptors (Lipinski definition) is 2. The summed E-state index contributed by atoms with van der Waals surface area (Å²) in [6, 6.07) is 10.9. The molecule has 0 radical (unpaired) electrons. The molecule has 0 aliphatic heterocycles. The molecular formula is C19H24N2. The van der Waals surface area contributed by atoms with E-state index in [-0.39, 0.29) is 10.8 Å². The normalized spacial score (nSPS) is 19.0. The summed E-state index contributed by atoms with van der Waals surface area (Å²) in [5, 5.41) is 0. The van der Waals surface area contributed by atoms with Crippen molar-refractivity contribution in [2.24, 2.45) is 0 Å². The molecule has 1 aliphatic rings. The molecule has 1 aromatic heterocycles. The number of hydrogen-bond donors (Lipinski definition) is 1. The SMILES string of the molecule is CC1(C)CCC(C)(C)c2cc(-c3ccnc(N)c3)ccc21. The number of benzene rings is 1. The molecule has 0 bridgehead atoms. The molecule has 2 heteroatoms. The second-order valence-electron chi connectivity index (χ2n) is 7.50. The highest BCUT2D eigenvalue weighted by Crippen LogP contribution is 2.46. The van der Waals surface area contributed by atoms with E-state index in [1.807, 2.05) is 12.1 Å². The molecule has 0 atom stereocenters. The summed E-state index contributed by atoms with van der Waals surface area (Å²) in [6.45, 7) is 9.41. The lowest BCUT2D eigenvalue weighted by molar-refractivity contribution is 0.332. The molecule has 0 saturated heterocycles. The number of aromatic nitrogens is 1. The van der Waals surface area contributed by atoms with E-state index < -0.39 is 0 Å². The zero-order valence-electron chi connectivity index (χ0n) is 13.4. The number of nitrogens with two attached hydrogens (primary N) is 1. The van der Waals surface area contributed by atoms with Gasteiger partial charge in [-0.25, -0.2) is 4.98 Å². The van der Waals surface area contributed by atoms with Crippen LogP contribution >= 0.6 is 0 Å². The van der Waals surface area contributed by atoms with Crippen molar-refractivity contribution in [3.05, 3.63) is 47.7 Å². The van der Waals surface area contributed by atoms with E-state index in [0.717, 1.165) is 5.56 Å². The number of rotatable bonds is 1. The summed E-state index contributed by atoms with van der Waals surface area (Å²) in [4.78, 5) is 4.08. The molecule has 1 aromatic carbocycles. The maximum Gasteiger partial charge on any atom is 0.123 e. The number of nitrogen functional groups attached to an aromatic ring is 1. The van der Waals surface area contributed by atoms with Crippen LogP contribution in [0.5, 0.6) is 0 Å². The molecule has 2 nitrogen and oxygen atoms in total. The molecule has 3 rings (SSSR count). The minimum absolute atomic E-state index is 0.236. The predicted molar refractivity (Wildman–Crippen MR) is 89.4 cm³/mol. The third kappa shape index (κ3) is 2.44. The maximum absolute atomic E-state index is 5.82. The molecule has 1 heterocycles. The van der Waals surface area contributed by atoms with Crippen LogP contribution in [0.15, 0.2) is 36.5 Å². The number of pyridine rings is 1. The van der Waals surface area contributed by atoms with Crippen molar-refractivity contribution in [1.29, 1.82) is 0 Å². The fourth-order valence-electron chi connectivity index (χ4n) is 3.40. The summed E-state index contributed by atoms with van der Waals surface area (Å²) in [5.41, 5.74) is 11.7. The summed E-state index contributed by atoms with van der Waals surface area (Å²) in [6.07, 6.45) is 4.25. The zero-order valence-corrected chi connectivity index (χ0v) is 13.4. The van der Waals surface area contributed by atoms with Gasteiger partial charge >= 0.3 is 0 Å². The Morgan fingerprint density at radius 3 is 2.14 bits per heavy atom. The quantitative estimate of drug-likeness (QED) is 0.823. The smallest absolute Gasteiger partial charge is 0.123 e. The van der Waals surface area contributed by atoms with Gasteiger partial charge in [0.1, 0.15) is 5.82 Å². The predicted octanol–water partition coefficient (Wildman–Crippen LogP) is 4.68. The highest BCUT2D eigenvalue weighted by Gasteiger charge is 2.36. The fraction of sp³-hybridized carbons (Fsp3) is 0.421. The van der Waals surface area contributed by atoms with Crippen LogP contribution in [0.1, 0.15) is 51.7 Å². The molecule has 0 unspecified atom stereocenters. The first kappa shape index (κ1) is 14.1. The fourth-order valence-corrected chi connectivity index (χ4v) is 3.40. The van der Waals surface area contributed by atoms with Crippen molar-refractivity contribution in [1.82, 2.24) is 4.98 Å². The average molecular weight is 280 g/mol. The zero-order chi connectivity index (χ0) is 15.3. The van der Waals surface area contributed by atoms with Crippen molar-refractivity contribution in [3.8, 4) is 11.1 Å². The van der Waals surface area contributed by atoms with Gasteiger partial charge < -0.3 is 5.73 Å². The highest BCUT2D eigenvalue weighted by molar-refractivity contribution is 5.68. The van der Waals surface area contributed by atoms with Gasteiger partial charge in [0.2, 0.25) is 0 Å². The molecule has 0 fully saturated rings. The van der Waals surface area contributed by atoms with Crippen molar-refractivity contribution in [2.75, 3.05) is 5.73 Å². The van der Waals surface area contributed by atoms with Crippen LogP contribution in [0.25, 0.3) is 11.1 Å². The number of anilines is 1. The number of nitrogens with zero attached hydrogens (tertiary/aromatic N) is 1. The van der Waals surface area contributed by atoms with Crippen LogP contribution in [-0.4, -0.2) is 4.98 Å². The monoisotopic (exact) mass is 280 g/mol. The first-order chi connectivity index (χ1) is 9.79. The van der Waals surface area contributed by atoms with E-state index in [1.165, 1.54) is 29.5 Å². The van der Waals surface area contributed by atoms with Gasteiger partial charge in [-0.1, -0.05) is 45.9 Å². The Morgan fingerprint density at radius 2 is 1.48 bits per heavy atom. The van der Waals surface area contributed by atoms with Crippen molar-refractivity contribution in [3.63, 3.8) is 0 Å². The van der Waals surface area contributed by atoms with Crippen LogP contribution in [0.4, 0.5) is 5.82 Å². The lowest BCUT2D eigenvalue weighted by atomic mass is 9.63. The van der Waals surface area contributed by atoms with Gasteiger partial charge in [-0.2, -0.15) is 0 Å². The summed E-state index contributed by atoms with van der Waals surface area (Å²) >= 11 is 0. The lowest BCUT2D eigenvalue weighted by Gasteiger charge is -2.42. The molecule has 0 spiro atoms. The highest BCUT2D eigenvalue weighted by atomic mass is 14.8. The topological polar surface area (TPSA) is 38.9 Å². The number of fused-ring (bicyclic) bond motifs is 1. The van der Waals surface area contributed by atoms with Gasteiger partial charge in [-0.3, -0.25) is 0 Å². The largest absolute Gasteiger partial charge is 0.384 e. The lowest BCUT2D eigenvalue weighted by Crippen LogP contribution is -2.33. The molecule has 2 N–H and O–H groups in total. The molecule has 21 heavy (non-hydrogen) atoms. The second-order valence-corrected chi connectivity index (χ2v) is 7.50. The Kier molecular flexibility index (Phi) is 3.09. The third-order valence-corrected chi connectivity index (χ3v) is 4.97. The Morgan fingerprint density at radius 1 is 0.857 bits per heavy atom. The van der Waals surface area contributed by atoms with Crippen LogP contribution in [0, 0.1) is 0 Å².